The summed E-state index contributed by atoms with van der Waals surface area (Å²) in [6.07, 6.45) is 2.14. The highest BCUT2D eigenvalue weighted by Crippen LogP contribution is 2.37. The van der Waals surface area contributed by atoms with E-state index in [4.69, 9.17) is 14.2 Å². The number of hydrogen-bond acceptors (Lipinski definition) is 6. The molecular formula is C19H24N2O6. The Balaban J connectivity index is 1.33. The van der Waals surface area contributed by atoms with Gasteiger partial charge in [-0.05, 0) is 43.7 Å². The minimum absolute atomic E-state index is 0.0409. The normalized spacial score (nSPS) is 27.8. The van der Waals surface area contributed by atoms with Gasteiger partial charge in [0.25, 0.3) is 5.91 Å². The molecule has 0 radical (unpaired) electrons. The number of nitrogens with one attached hydrogen (secondary N) is 1. The molecule has 27 heavy (non-hydrogen) atoms. The second kappa shape index (κ2) is 6.92. The van der Waals surface area contributed by atoms with E-state index in [2.05, 4.69) is 12.2 Å². The molecule has 0 aromatic heterocycles. The highest BCUT2D eigenvalue weighted by Gasteiger charge is 2.52. The van der Waals surface area contributed by atoms with Crippen molar-refractivity contribution in [2.24, 2.45) is 5.92 Å². The zero-order chi connectivity index (χ0) is 19.0. The maximum atomic E-state index is 12.8. The zero-order valence-electron chi connectivity index (χ0n) is 15.3. The maximum Gasteiger partial charge on any atom is 0.325 e. The van der Waals surface area contributed by atoms with Crippen LogP contribution in [0.25, 0.3) is 0 Å². The van der Waals surface area contributed by atoms with E-state index in [1.165, 1.54) is 0 Å². The molecule has 2 N–H and O–H groups in total. The molecule has 3 amide bonds. The molecule has 1 aromatic carbocycles. The van der Waals surface area contributed by atoms with Gasteiger partial charge in [0.1, 0.15) is 24.0 Å². The van der Waals surface area contributed by atoms with E-state index < -0.39 is 17.7 Å². The van der Waals surface area contributed by atoms with Crippen molar-refractivity contribution >= 4 is 11.9 Å². The summed E-state index contributed by atoms with van der Waals surface area (Å²) in [5.41, 5.74) is -0.790. The third kappa shape index (κ3) is 3.41. The molecule has 8 heteroatoms. The number of rotatable bonds is 5. The number of aliphatic hydroxyl groups is 1. The Hall–Kier alpha value is -2.48. The molecule has 0 bridgehead atoms. The molecule has 4 rings (SSSR count). The number of benzene rings is 1. The fourth-order valence-electron chi connectivity index (χ4n) is 3.86. The average Bonchev–Trinajstić information content (AvgIpc) is 3.21. The Bertz CT molecular complexity index is 744. The Labute approximate surface area is 157 Å². The number of urea groups is 1. The lowest BCUT2D eigenvalue weighted by atomic mass is 9.77. The topological polar surface area (TPSA) is 97.3 Å². The van der Waals surface area contributed by atoms with Crippen molar-refractivity contribution in [3.63, 3.8) is 0 Å². The summed E-state index contributed by atoms with van der Waals surface area (Å²) in [5, 5.41) is 13.1. The summed E-state index contributed by atoms with van der Waals surface area (Å²) in [5.74, 6) is 2.09. The minimum atomic E-state index is -0.984. The summed E-state index contributed by atoms with van der Waals surface area (Å²) >= 11 is 0. The van der Waals surface area contributed by atoms with Gasteiger partial charge in [-0.3, -0.25) is 9.69 Å². The first-order valence-corrected chi connectivity index (χ1v) is 9.31. The first kappa shape index (κ1) is 17.9. The van der Waals surface area contributed by atoms with Crippen molar-refractivity contribution in [3.05, 3.63) is 18.2 Å². The Morgan fingerprint density at radius 1 is 1.30 bits per heavy atom. The van der Waals surface area contributed by atoms with Crippen molar-refractivity contribution in [2.45, 2.75) is 44.2 Å². The van der Waals surface area contributed by atoms with Gasteiger partial charge in [0.2, 0.25) is 6.79 Å². The lowest BCUT2D eigenvalue weighted by molar-refractivity contribution is -0.133. The van der Waals surface area contributed by atoms with E-state index in [0.29, 0.717) is 36.0 Å². The SMILES string of the molecule is CC1CCC2(CC1)NC(=O)N(C[C@@H](O)COc1ccc3c(c1)OCO3)C2=O. The number of amides is 3. The fraction of sp³-hybridized carbons (Fsp3) is 0.579. The average molecular weight is 376 g/mol. The van der Waals surface area contributed by atoms with Gasteiger partial charge in [0, 0.05) is 6.07 Å². The number of aliphatic hydroxyl groups excluding tert-OH is 1. The van der Waals surface area contributed by atoms with E-state index in [0.717, 1.165) is 17.7 Å². The molecular weight excluding hydrogens is 352 g/mol. The third-order valence-electron chi connectivity index (χ3n) is 5.55. The molecule has 1 atom stereocenters. The molecule has 1 aliphatic carbocycles. The van der Waals surface area contributed by atoms with Gasteiger partial charge in [-0.25, -0.2) is 4.79 Å². The molecule has 3 aliphatic rings. The number of fused-ring (bicyclic) bond motifs is 1. The molecule has 1 saturated carbocycles. The molecule has 0 unspecified atom stereocenters. The highest BCUT2D eigenvalue weighted by molar-refractivity contribution is 6.07. The highest BCUT2D eigenvalue weighted by atomic mass is 16.7. The van der Waals surface area contributed by atoms with Gasteiger partial charge >= 0.3 is 6.03 Å². The third-order valence-corrected chi connectivity index (χ3v) is 5.55. The van der Waals surface area contributed by atoms with Crippen molar-refractivity contribution in [1.29, 1.82) is 0 Å². The van der Waals surface area contributed by atoms with Gasteiger partial charge in [-0.1, -0.05) is 6.92 Å². The van der Waals surface area contributed by atoms with E-state index in [-0.39, 0.29) is 25.9 Å². The van der Waals surface area contributed by atoms with Gasteiger partial charge in [-0.2, -0.15) is 0 Å². The number of imide groups is 1. The smallest absolute Gasteiger partial charge is 0.325 e. The van der Waals surface area contributed by atoms with Crippen LogP contribution in [0.3, 0.4) is 0 Å². The van der Waals surface area contributed by atoms with Crippen LogP contribution in [0.15, 0.2) is 18.2 Å². The van der Waals surface area contributed by atoms with Crippen molar-refractivity contribution < 1.29 is 28.9 Å². The number of carbonyl (C=O) groups excluding carboxylic acids is 2. The molecule has 2 heterocycles. The molecule has 8 nitrogen and oxygen atoms in total. The number of β-amino-alcohol motifs (C(OH)–C–C–N with tert-alkyl or cyclic N) is 1. The van der Waals surface area contributed by atoms with Gasteiger partial charge in [0.15, 0.2) is 11.5 Å². The van der Waals surface area contributed by atoms with Crippen LogP contribution in [0.1, 0.15) is 32.6 Å². The van der Waals surface area contributed by atoms with E-state index in [9.17, 15) is 14.7 Å². The van der Waals surface area contributed by atoms with Crippen LogP contribution in [0.5, 0.6) is 17.2 Å². The lowest BCUT2D eigenvalue weighted by Crippen LogP contribution is -2.49. The Morgan fingerprint density at radius 3 is 2.81 bits per heavy atom. The van der Waals surface area contributed by atoms with E-state index in [1.54, 1.807) is 18.2 Å². The number of hydrogen-bond donors (Lipinski definition) is 2. The molecule has 146 valence electrons. The van der Waals surface area contributed by atoms with E-state index in [1.807, 2.05) is 0 Å². The summed E-state index contributed by atoms with van der Waals surface area (Å²) < 4.78 is 16.1. The van der Waals surface area contributed by atoms with Crippen LogP contribution >= 0.6 is 0 Å². The summed E-state index contributed by atoms with van der Waals surface area (Å²) in [7, 11) is 0. The van der Waals surface area contributed by atoms with Crippen LogP contribution < -0.4 is 19.5 Å². The molecule has 2 fully saturated rings. The quantitative estimate of drug-likeness (QED) is 0.759. The van der Waals surface area contributed by atoms with Crippen molar-refractivity contribution in [1.82, 2.24) is 10.2 Å². The van der Waals surface area contributed by atoms with Gasteiger partial charge in [0.05, 0.1) is 6.54 Å². The molecule has 1 saturated heterocycles. The second-order valence-electron chi connectivity index (χ2n) is 7.59. The number of nitrogens with zero attached hydrogens (tertiary/aromatic N) is 1. The number of ether oxygens (including phenoxy) is 3. The van der Waals surface area contributed by atoms with Crippen LogP contribution in [-0.4, -0.2) is 53.5 Å². The zero-order valence-corrected chi connectivity index (χ0v) is 15.3. The van der Waals surface area contributed by atoms with Crippen LogP contribution in [0.4, 0.5) is 4.79 Å². The van der Waals surface area contributed by atoms with Gasteiger partial charge in [-0.15, -0.1) is 0 Å². The molecule has 1 spiro atoms. The summed E-state index contributed by atoms with van der Waals surface area (Å²) in [6, 6.07) is 4.69. The summed E-state index contributed by atoms with van der Waals surface area (Å²) in [6.45, 7) is 2.20. The number of carbonyl (C=O) groups is 2. The van der Waals surface area contributed by atoms with Crippen LogP contribution in [0, 0.1) is 5.92 Å². The monoisotopic (exact) mass is 376 g/mol. The first-order valence-electron chi connectivity index (χ1n) is 9.31. The van der Waals surface area contributed by atoms with Gasteiger partial charge < -0.3 is 24.6 Å². The van der Waals surface area contributed by atoms with Crippen molar-refractivity contribution in [3.8, 4) is 17.2 Å². The first-order chi connectivity index (χ1) is 13.0. The van der Waals surface area contributed by atoms with Crippen LogP contribution in [-0.2, 0) is 4.79 Å². The Kier molecular flexibility index (Phi) is 4.59. The predicted octanol–water partition coefficient (Wildman–Crippen LogP) is 1.66. The molecule has 1 aromatic rings. The predicted molar refractivity (Wildman–Crippen MR) is 94.7 cm³/mol. The second-order valence-corrected chi connectivity index (χ2v) is 7.59. The minimum Gasteiger partial charge on any atom is -0.491 e. The Morgan fingerprint density at radius 2 is 2.04 bits per heavy atom. The van der Waals surface area contributed by atoms with E-state index >= 15 is 0 Å². The maximum absolute atomic E-state index is 12.8. The lowest BCUT2D eigenvalue weighted by Gasteiger charge is -2.33. The summed E-state index contributed by atoms with van der Waals surface area (Å²) in [4.78, 5) is 26.2. The van der Waals surface area contributed by atoms with Crippen LogP contribution in [0.2, 0.25) is 0 Å². The van der Waals surface area contributed by atoms with Crippen molar-refractivity contribution in [2.75, 3.05) is 19.9 Å². The largest absolute Gasteiger partial charge is 0.491 e. The standard InChI is InChI=1S/C19H24N2O6/c1-12-4-6-19(7-5-12)17(23)21(18(24)20-19)9-13(22)10-25-14-2-3-15-16(8-14)27-11-26-15/h2-3,8,12-13,22H,4-7,9-11H2,1H3,(H,20,24)/t12?,13-,19?/m1/s1. The fourth-order valence-corrected chi connectivity index (χ4v) is 3.86. The molecule has 2 aliphatic heterocycles.